The summed E-state index contributed by atoms with van der Waals surface area (Å²) >= 11 is 0. The van der Waals surface area contributed by atoms with Gasteiger partial charge >= 0.3 is 0 Å². The van der Waals surface area contributed by atoms with Crippen LogP contribution < -0.4 is 5.32 Å². The van der Waals surface area contributed by atoms with Crippen LogP contribution in [0.4, 0.5) is 0 Å². The molecule has 0 radical (unpaired) electrons. The molecule has 1 N–H and O–H groups in total. The van der Waals surface area contributed by atoms with Crippen molar-refractivity contribution >= 4 is 5.91 Å². The van der Waals surface area contributed by atoms with Crippen molar-refractivity contribution in [2.45, 2.75) is 58.5 Å². The van der Waals surface area contributed by atoms with Gasteiger partial charge in [0.25, 0.3) is 0 Å². The molecule has 2 heterocycles. The zero-order valence-corrected chi connectivity index (χ0v) is 14.2. The first-order valence-corrected chi connectivity index (χ1v) is 9.13. The number of nitrogens with zero attached hydrogens (tertiary/aromatic N) is 4. The maximum Gasteiger partial charge on any atom is 0.223 e. The minimum atomic E-state index is 0.268. The molecule has 6 heteroatoms. The van der Waals surface area contributed by atoms with Crippen LogP contribution in [0.5, 0.6) is 0 Å². The monoisotopic (exact) mass is 319 g/mol. The minimum absolute atomic E-state index is 0.268. The molecule has 1 aromatic heterocycles. The Bertz CT molecular complexity index is 509. The maximum absolute atomic E-state index is 12.2. The number of nitrogens with one attached hydrogen (secondary N) is 1. The lowest BCUT2D eigenvalue weighted by Crippen LogP contribution is -2.36. The van der Waals surface area contributed by atoms with Crippen LogP contribution in [0.1, 0.15) is 51.3 Å². The van der Waals surface area contributed by atoms with Gasteiger partial charge in [-0.2, -0.15) is 5.10 Å². The fourth-order valence-electron chi connectivity index (χ4n) is 3.85. The number of aromatic nitrogens is 3. The quantitative estimate of drug-likeness (QED) is 0.869. The third-order valence-electron chi connectivity index (χ3n) is 5.27. The molecule has 3 rings (SSSR count). The Morgan fingerprint density at radius 2 is 2.13 bits per heavy atom. The van der Waals surface area contributed by atoms with E-state index in [9.17, 15) is 4.79 Å². The molecule has 2 fully saturated rings. The van der Waals surface area contributed by atoms with Gasteiger partial charge in [-0.15, -0.1) is 0 Å². The van der Waals surface area contributed by atoms with E-state index in [1.165, 1.54) is 19.3 Å². The molecular formula is C17H29N5O. The third-order valence-corrected chi connectivity index (χ3v) is 5.27. The summed E-state index contributed by atoms with van der Waals surface area (Å²) in [5, 5.41) is 7.43. The normalized spacial score (nSPS) is 23.3. The number of hydrogen-bond acceptors (Lipinski definition) is 4. The first-order chi connectivity index (χ1) is 11.3. The lowest BCUT2D eigenvalue weighted by Gasteiger charge is -2.22. The molecule has 23 heavy (non-hydrogen) atoms. The van der Waals surface area contributed by atoms with Crippen molar-refractivity contribution in [3.63, 3.8) is 0 Å². The van der Waals surface area contributed by atoms with Crippen LogP contribution in [0.25, 0.3) is 0 Å². The number of carbonyl (C=O) groups is 1. The summed E-state index contributed by atoms with van der Waals surface area (Å²) < 4.78 is 1.96. The Balaban J connectivity index is 1.40. The average molecular weight is 319 g/mol. The van der Waals surface area contributed by atoms with E-state index in [-0.39, 0.29) is 11.8 Å². The smallest absolute Gasteiger partial charge is 0.223 e. The molecule has 0 spiro atoms. The highest BCUT2D eigenvalue weighted by molar-refractivity contribution is 5.78. The molecule has 128 valence electrons. The molecule has 1 atom stereocenters. The Kier molecular flexibility index (Phi) is 5.65. The van der Waals surface area contributed by atoms with Gasteiger partial charge in [-0.3, -0.25) is 9.69 Å². The number of aryl methyl sites for hydroxylation is 1. The number of carbonyl (C=O) groups excluding carboxylic acids is 1. The van der Waals surface area contributed by atoms with Crippen molar-refractivity contribution in [3.05, 3.63) is 12.2 Å². The third kappa shape index (κ3) is 4.31. The summed E-state index contributed by atoms with van der Waals surface area (Å²) in [5.41, 5.74) is 0. The highest BCUT2D eigenvalue weighted by Gasteiger charge is 2.26. The van der Waals surface area contributed by atoms with E-state index >= 15 is 0 Å². The molecule has 1 saturated heterocycles. The number of amides is 1. The zero-order valence-electron chi connectivity index (χ0n) is 14.2. The molecule has 1 aliphatic heterocycles. The van der Waals surface area contributed by atoms with Gasteiger partial charge in [0.05, 0.1) is 6.54 Å². The summed E-state index contributed by atoms with van der Waals surface area (Å²) in [6, 6.07) is 0. The lowest BCUT2D eigenvalue weighted by molar-refractivity contribution is -0.126. The Hall–Kier alpha value is -1.43. The topological polar surface area (TPSA) is 63.1 Å². The van der Waals surface area contributed by atoms with Gasteiger partial charge in [-0.05, 0) is 38.6 Å². The average Bonchev–Trinajstić information content (AvgIpc) is 3.23. The van der Waals surface area contributed by atoms with Gasteiger partial charge in [0.15, 0.2) is 0 Å². The SMILES string of the molecule is CCn1ncnc1CN1CC[C@@H](CNC(=O)C2CCCCC2)C1. The van der Waals surface area contributed by atoms with Crippen molar-refractivity contribution in [1.29, 1.82) is 0 Å². The van der Waals surface area contributed by atoms with Crippen LogP contribution in [0.15, 0.2) is 6.33 Å². The van der Waals surface area contributed by atoms with Gasteiger partial charge in [0.2, 0.25) is 5.91 Å². The van der Waals surface area contributed by atoms with Gasteiger partial charge in [0, 0.05) is 25.6 Å². The highest BCUT2D eigenvalue weighted by atomic mass is 16.1. The van der Waals surface area contributed by atoms with E-state index in [0.717, 1.165) is 57.8 Å². The lowest BCUT2D eigenvalue weighted by atomic mass is 9.88. The van der Waals surface area contributed by atoms with E-state index in [1.807, 2.05) is 4.68 Å². The predicted molar refractivity (Wildman–Crippen MR) is 88.7 cm³/mol. The standard InChI is InChI=1S/C17H29N5O/c1-2-22-16(19-13-20-22)12-21-9-8-14(11-21)10-18-17(23)15-6-4-3-5-7-15/h13-15H,2-12H2,1H3,(H,18,23)/t14-/m0/s1. The van der Waals surface area contributed by atoms with Crippen LogP contribution >= 0.6 is 0 Å². The molecule has 1 saturated carbocycles. The summed E-state index contributed by atoms with van der Waals surface area (Å²) in [6.07, 6.45) is 8.68. The molecule has 0 unspecified atom stereocenters. The molecule has 6 nitrogen and oxygen atoms in total. The van der Waals surface area contributed by atoms with Gasteiger partial charge < -0.3 is 5.32 Å². The van der Waals surface area contributed by atoms with E-state index in [2.05, 4.69) is 27.2 Å². The molecule has 1 aromatic rings. The number of hydrogen-bond donors (Lipinski definition) is 1. The second kappa shape index (κ2) is 7.90. The molecule has 0 aromatic carbocycles. The van der Waals surface area contributed by atoms with Crippen LogP contribution in [0.2, 0.25) is 0 Å². The minimum Gasteiger partial charge on any atom is -0.356 e. The molecule has 0 bridgehead atoms. The number of likely N-dealkylation sites (tertiary alicyclic amines) is 1. The fraction of sp³-hybridized carbons (Fsp3) is 0.824. The highest BCUT2D eigenvalue weighted by Crippen LogP contribution is 2.24. The summed E-state index contributed by atoms with van der Waals surface area (Å²) in [7, 11) is 0. The van der Waals surface area contributed by atoms with Gasteiger partial charge in [-0.1, -0.05) is 19.3 Å². The maximum atomic E-state index is 12.2. The van der Waals surface area contributed by atoms with E-state index < -0.39 is 0 Å². The fourth-order valence-corrected chi connectivity index (χ4v) is 3.85. The van der Waals surface area contributed by atoms with Crippen LogP contribution in [0, 0.1) is 11.8 Å². The second-order valence-electron chi connectivity index (χ2n) is 6.96. The molecular weight excluding hydrogens is 290 g/mol. The van der Waals surface area contributed by atoms with Crippen molar-refractivity contribution in [3.8, 4) is 0 Å². The predicted octanol–water partition coefficient (Wildman–Crippen LogP) is 1.82. The zero-order chi connectivity index (χ0) is 16.1. The molecule has 1 aliphatic carbocycles. The van der Waals surface area contributed by atoms with Crippen LogP contribution in [-0.2, 0) is 17.9 Å². The van der Waals surface area contributed by atoms with Crippen molar-refractivity contribution in [1.82, 2.24) is 25.0 Å². The van der Waals surface area contributed by atoms with E-state index in [4.69, 9.17) is 0 Å². The Labute approximate surface area is 138 Å². The van der Waals surface area contributed by atoms with Crippen molar-refractivity contribution < 1.29 is 4.79 Å². The van der Waals surface area contributed by atoms with E-state index in [0.29, 0.717) is 5.92 Å². The molecule has 2 aliphatic rings. The Morgan fingerprint density at radius 3 is 2.91 bits per heavy atom. The summed E-state index contributed by atoms with van der Waals surface area (Å²) in [6.45, 7) is 6.77. The van der Waals surface area contributed by atoms with Crippen molar-refractivity contribution in [2.24, 2.45) is 11.8 Å². The number of rotatable bonds is 6. The van der Waals surface area contributed by atoms with Crippen molar-refractivity contribution in [2.75, 3.05) is 19.6 Å². The van der Waals surface area contributed by atoms with Gasteiger partial charge in [0.1, 0.15) is 12.2 Å². The van der Waals surface area contributed by atoms with E-state index in [1.54, 1.807) is 6.33 Å². The summed E-state index contributed by atoms with van der Waals surface area (Å²) in [4.78, 5) is 19.0. The molecule has 1 amide bonds. The Morgan fingerprint density at radius 1 is 1.30 bits per heavy atom. The largest absolute Gasteiger partial charge is 0.356 e. The second-order valence-corrected chi connectivity index (χ2v) is 6.96. The first kappa shape index (κ1) is 16.4. The summed E-state index contributed by atoms with van der Waals surface area (Å²) in [5.74, 6) is 2.16. The van der Waals surface area contributed by atoms with Crippen LogP contribution in [-0.4, -0.2) is 45.2 Å². The van der Waals surface area contributed by atoms with Gasteiger partial charge in [-0.25, -0.2) is 9.67 Å². The first-order valence-electron chi connectivity index (χ1n) is 9.13. The van der Waals surface area contributed by atoms with Crippen LogP contribution in [0.3, 0.4) is 0 Å².